The van der Waals surface area contributed by atoms with Gasteiger partial charge in [-0.25, -0.2) is 0 Å². The number of allylic oxidation sites excluding steroid dienone is 2. The van der Waals surface area contributed by atoms with Gasteiger partial charge in [0.2, 0.25) is 5.91 Å². The quantitative estimate of drug-likeness (QED) is 0.792. The Bertz CT molecular complexity index is 682. The lowest BCUT2D eigenvalue weighted by Gasteiger charge is -2.53. The molecule has 0 aromatic carbocycles. The Balaban J connectivity index is 1.63. The van der Waals surface area contributed by atoms with Crippen molar-refractivity contribution in [3.8, 4) is 0 Å². The van der Waals surface area contributed by atoms with Gasteiger partial charge >= 0.3 is 0 Å². The lowest BCUT2D eigenvalue weighted by Crippen LogP contribution is -2.50. The number of nitrogens with zero attached hydrogens (tertiary/aromatic N) is 1. The molecule has 0 unspecified atom stereocenters. The van der Waals surface area contributed by atoms with Crippen LogP contribution in [-0.2, 0) is 9.59 Å². The fraction of sp³-hybridized carbons (Fsp3) is 0.833. The van der Waals surface area contributed by atoms with Crippen molar-refractivity contribution in [1.29, 1.82) is 0 Å². The van der Waals surface area contributed by atoms with E-state index in [2.05, 4.69) is 33.0 Å². The van der Waals surface area contributed by atoms with Gasteiger partial charge in [0.05, 0.1) is 0 Å². The first kappa shape index (κ1) is 20.0. The molecule has 0 radical (unpaired) electrons. The lowest BCUT2D eigenvalue weighted by atomic mass is 9.51. The van der Waals surface area contributed by atoms with Crippen LogP contribution in [0.1, 0.15) is 72.6 Å². The van der Waals surface area contributed by atoms with Crippen LogP contribution in [0.3, 0.4) is 0 Å². The second-order valence-electron chi connectivity index (χ2n) is 10.2. The number of amides is 1. The fourth-order valence-corrected chi connectivity index (χ4v) is 7.57. The SMILES string of the molecule is CCN(CC)C(=O)[C@H]1CC[C@H]2[C@@H]3CCNC4=CC(=O)CC[C@]4(C)[C@H]3CC[C@]12C. The number of ketones is 1. The highest BCUT2D eigenvalue weighted by atomic mass is 16.2. The predicted octanol–water partition coefficient (Wildman–Crippen LogP) is 4.16. The molecule has 0 aromatic heterocycles. The Kier molecular flexibility index (Phi) is 5.12. The van der Waals surface area contributed by atoms with Crippen LogP contribution in [0.4, 0.5) is 0 Å². The molecule has 3 fully saturated rings. The van der Waals surface area contributed by atoms with Crippen molar-refractivity contribution in [1.82, 2.24) is 10.2 Å². The molecule has 1 N–H and O–H groups in total. The summed E-state index contributed by atoms with van der Waals surface area (Å²) in [6.45, 7) is 11.6. The summed E-state index contributed by atoms with van der Waals surface area (Å²) in [5.41, 5.74) is 1.46. The first-order valence-corrected chi connectivity index (χ1v) is 11.6. The molecule has 1 amide bonds. The van der Waals surface area contributed by atoms with Crippen LogP contribution < -0.4 is 5.32 Å². The van der Waals surface area contributed by atoms with E-state index in [1.807, 2.05) is 11.0 Å². The highest BCUT2D eigenvalue weighted by Gasteiger charge is 2.59. The third-order valence-electron chi connectivity index (χ3n) is 9.23. The molecule has 28 heavy (non-hydrogen) atoms. The zero-order valence-electron chi connectivity index (χ0n) is 18.2. The average molecular weight is 387 g/mol. The number of carbonyl (C=O) groups is 2. The van der Waals surface area contributed by atoms with E-state index in [1.165, 1.54) is 25.0 Å². The Morgan fingerprint density at radius 3 is 2.57 bits per heavy atom. The first-order chi connectivity index (χ1) is 13.3. The number of hydrogen-bond donors (Lipinski definition) is 1. The Labute approximate surface area is 170 Å². The molecular weight excluding hydrogens is 348 g/mol. The summed E-state index contributed by atoms with van der Waals surface area (Å²) in [6.07, 6.45) is 9.37. The van der Waals surface area contributed by atoms with Gasteiger partial charge in [-0.05, 0) is 75.5 Å². The molecule has 0 aromatic rings. The van der Waals surface area contributed by atoms with Gasteiger partial charge in [0, 0.05) is 49.2 Å². The van der Waals surface area contributed by atoms with Gasteiger partial charge in [-0.1, -0.05) is 13.8 Å². The number of nitrogens with one attached hydrogen (secondary N) is 1. The van der Waals surface area contributed by atoms with Crippen molar-refractivity contribution in [3.05, 3.63) is 11.8 Å². The molecule has 0 bridgehead atoms. The molecule has 1 aliphatic heterocycles. The minimum absolute atomic E-state index is 0.109. The van der Waals surface area contributed by atoms with Gasteiger partial charge in [0.15, 0.2) is 5.78 Å². The maximum Gasteiger partial charge on any atom is 0.226 e. The monoisotopic (exact) mass is 386 g/mol. The van der Waals surface area contributed by atoms with Crippen LogP contribution in [0.5, 0.6) is 0 Å². The molecule has 6 atom stereocenters. The smallest absolute Gasteiger partial charge is 0.226 e. The molecule has 4 nitrogen and oxygen atoms in total. The van der Waals surface area contributed by atoms with Gasteiger partial charge in [0.25, 0.3) is 0 Å². The predicted molar refractivity (Wildman–Crippen MR) is 112 cm³/mol. The van der Waals surface area contributed by atoms with Gasteiger partial charge in [0.1, 0.15) is 0 Å². The van der Waals surface area contributed by atoms with Crippen molar-refractivity contribution in [2.24, 2.45) is 34.5 Å². The van der Waals surface area contributed by atoms with Crippen LogP contribution in [0.15, 0.2) is 11.8 Å². The largest absolute Gasteiger partial charge is 0.388 e. The third kappa shape index (κ3) is 2.85. The van der Waals surface area contributed by atoms with Gasteiger partial charge < -0.3 is 10.2 Å². The van der Waals surface area contributed by atoms with Crippen LogP contribution in [0.25, 0.3) is 0 Å². The maximum absolute atomic E-state index is 13.3. The number of rotatable bonds is 3. The summed E-state index contributed by atoms with van der Waals surface area (Å²) < 4.78 is 0. The van der Waals surface area contributed by atoms with Gasteiger partial charge in [-0.15, -0.1) is 0 Å². The molecule has 1 saturated heterocycles. The number of fused-ring (bicyclic) bond motifs is 5. The molecular formula is C24H38N2O2. The number of hydrogen-bond acceptors (Lipinski definition) is 3. The van der Waals surface area contributed by atoms with E-state index in [9.17, 15) is 9.59 Å². The van der Waals surface area contributed by atoms with Gasteiger partial charge in [-0.2, -0.15) is 0 Å². The average Bonchev–Trinajstić information content (AvgIpc) is 2.95. The summed E-state index contributed by atoms with van der Waals surface area (Å²) in [4.78, 5) is 27.4. The minimum atomic E-state index is 0.109. The van der Waals surface area contributed by atoms with Crippen molar-refractivity contribution in [2.75, 3.05) is 19.6 Å². The molecule has 2 saturated carbocycles. The minimum Gasteiger partial charge on any atom is -0.388 e. The molecule has 3 aliphatic carbocycles. The molecule has 1 heterocycles. The van der Waals surface area contributed by atoms with E-state index in [4.69, 9.17) is 0 Å². The van der Waals surface area contributed by atoms with Crippen molar-refractivity contribution in [3.63, 3.8) is 0 Å². The summed E-state index contributed by atoms with van der Waals surface area (Å²) in [5, 5.41) is 3.64. The van der Waals surface area contributed by atoms with Crippen LogP contribution in [-0.4, -0.2) is 36.2 Å². The molecule has 4 heteroatoms. The van der Waals surface area contributed by atoms with E-state index in [0.717, 1.165) is 38.9 Å². The van der Waals surface area contributed by atoms with Crippen molar-refractivity contribution < 1.29 is 9.59 Å². The molecule has 4 rings (SSSR count). The van der Waals surface area contributed by atoms with Crippen molar-refractivity contribution in [2.45, 2.75) is 72.6 Å². The van der Waals surface area contributed by atoms with Crippen molar-refractivity contribution >= 4 is 11.7 Å². The highest BCUT2D eigenvalue weighted by Crippen LogP contribution is 2.64. The summed E-state index contributed by atoms with van der Waals surface area (Å²) >= 11 is 0. The standard InChI is InChI=1S/C24H38N2O2/c1-5-26(6-2)22(28)20-8-7-18-17-11-14-25-21-15-16(27)9-12-24(21,4)19(17)10-13-23(18,20)3/h15,17-20,25H,5-14H2,1-4H3/t17-,18-,19-,20+,23-,24+/m0/s1. The summed E-state index contributed by atoms with van der Waals surface area (Å²) in [7, 11) is 0. The van der Waals surface area contributed by atoms with E-state index in [-0.39, 0.29) is 22.5 Å². The zero-order chi connectivity index (χ0) is 20.1. The van der Waals surface area contributed by atoms with Gasteiger partial charge in [-0.3, -0.25) is 9.59 Å². The van der Waals surface area contributed by atoms with Crippen LogP contribution >= 0.6 is 0 Å². The Morgan fingerprint density at radius 2 is 1.86 bits per heavy atom. The molecule has 0 spiro atoms. The zero-order valence-corrected chi connectivity index (χ0v) is 18.2. The van der Waals surface area contributed by atoms with E-state index >= 15 is 0 Å². The first-order valence-electron chi connectivity index (χ1n) is 11.6. The van der Waals surface area contributed by atoms with Crippen LogP contribution in [0.2, 0.25) is 0 Å². The maximum atomic E-state index is 13.3. The second-order valence-corrected chi connectivity index (χ2v) is 10.2. The second kappa shape index (κ2) is 7.18. The van der Waals surface area contributed by atoms with E-state index in [0.29, 0.717) is 30.1 Å². The summed E-state index contributed by atoms with van der Waals surface area (Å²) in [6, 6.07) is 0. The third-order valence-corrected chi connectivity index (χ3v) is 9.23. The van der Waals surface area contributed by atoms with E-state index < -0.39 is 0 Å². The Morgan fingerprint density at radius 1 is 1.11 bits per heavy atom. The molecule has 4 aliphatic rings. The lowest BCUT2D eigenvalue weighted by molar-refractivity contribution is -0.142. The normalized spacial score (nSPS) is 42.4. The topological polar surface area (TPSA) is 49.4 Å². The highest BCUT2D eigenvalue weighted by molar-refractivity contribution is 5.91. The summed E-state index contributed by atoms with van der Waals surface area (Å²) in [5.74, 6) is 2.84. The Hall–Kier alpha value is -1.32. The van der Waals surface area contributed by atoms with E-state index in [1.54, 1.807) is 0 Å². The fourth-order valence-electron chi connectivity index (χ4n) is 7.57. The molecule has 156 valence electrons. The number of carbonyl (C=O) groups excluding carboxylic acids is 2. The van der Waals surface area contributed by atoms with Crippen LogP contribution in [0, 0.1) is 34.5 Å².